The van der Waals surface area contributed by atoms with Gasteiger partial charge in [-0.3, -0.25) is 4.79 Å². The van der Waals surface area contributed by atoms with Gasteiger partial charge in [0.25, 0.3) is 0 Å². The summed E-state index contributed by atoms with van der Waals surface area (Å²) in [5.41, 5.74) is 1.02. The average molecular weight is 321 g/mol. The Morgan fingerprint density at radius 2 is 1.95 bits per heavy atom. The maximum Gasteiger partial charge on any atom is 0.223 e. The van der Waals surface area contributed by atoms with Crippen LogP contribution in [0.5, 0.6) is 0 Å². The fourth-order valence-corrected chi connectivity index (χ4v) is 4.09. The topological polar surface area (TPSA) is 63.2 Å². The van der Waals surface area contributed by atoms with Gasteiger partial charge in [0.1, 0.15) is 0 Å². The lowest BCUT2D eigenvalue weighted by Crippen LogP contribution is -2.41. The quantitative estimate of drug-likeness (QED) is 0.848. The van der Waals surface area contributed by atoms with Gasteiger partial charge in [-0.05, 0) is 45.2 Å². The van der Waals surface area contributed by atoms with Gasteiger partial charge in [0.2, 0.25) is 5.91 Å². The molecule has 1 amide bonds. The molecule has 0 saturated carbocycles. The highest BCUT2D eigenvalue weighted by Gasteiger charge is 2.23. The largest absolute Gasteiger partial charge is 0.352 e. The van der Waals surface area contributed by atoms with E-state index in [0.29, 0.717) is 4.90 Å². The number of aryl methyl sites for hydroxylation is 1. The molecule has 0 spiro atoms. The van der Waals surface area contributed by atoms with Crippen molar-refractivity contribution in [2.75, 3.05) is 5.75 Å². The number of carbonyl (C=O) groups is 1. The number of benzene rings is 1. The van der Waals surface area contributed by atoms with Gasteiger partial charge < -0.3 is 5.32 Å². The third-order valence-electron chi connectivity index (χ3n) is 3.88. The van der Waals surface area contributed by atoms with Crippen LogP contribution in [-0.2, 0) is 14.6 Å². The monoisotopic (exact) mass is 321 g/mol. The number of amides is 1. The Hall–Kier alpha value is -1.62. The molecule has 1 aliphatic carbocycles. The third kappa shape index (κ3) is 4.44. The number of hydrogen-bond acceptors (Lipinski definition) is 3. The Morgan fingerprint density at radius 1 is 1.27 bits per heavy atom. The number of rotatable bonds is 5. The standard InChI is InChI=1S/C17H23NO3S/c1-13-8-10-16(11-9-13)22(20,21)12-14(2)18-17(19)15-6-4-3-5-7-15/h3-4,8-11,14-15H,5-7,12H2,1-2H3,(H,18,19)/t14-,15+/m1/s1. The summed E-state index contributed by atoms with van der Waals surface area (Å²) in [5.74, 6) is -0.157. The van der Waals surface area contributed by atoms with Crippen molar-refractivity contribution in [1.29, 1.82) is 0 Å². The first-order valence-electron chi connectivity index (χ1n) is 7.63. The van der Waals surface area contributed by atoms with E-state index >= 15 is 0 Å². The van der Waals surface area contributed by atoms with Gasteiger partial charge in [0.05, 0.1) is 10.6 Å². The Kier molecular flexibility index (Phi) is 5.40. The first-order valence-corrected chi connectivity index (χ1v) is 9.28. The first kappa shape index (κ1) is 16.7. The van der Waals surface area contributed by atoms with Crippen molar-refractivity contribution in [3.05, 3.63) is 42.0 Å². The molecule has 0 aliphatic heterocycles. The minimum Gasteiger partial charge on any atom is -0.352 e. The zero-order valence-corrected chi connectivity index (χ0v) is 13.9. The Bertz CT molecular complexity index is 647. The van der Waals surface area contributed by atoms with Gasteiger partial charge in [-0.2, -0.15) is 0 Å². The molecule has 1 N–H and O–H groups in total. The molecule has 1 aromatic carbocycles. The molecule has 0 aromatic heterocycles. The van der Waals surface area contributed by atoms with E-state index < -0.39 is 15.9 Å². The van der Waals surface area contributed by atoms with E-state index in [1.807, 2.05) is 13.0 Å². The Labute approximate surface area is 132 Å². The molecule has 0 bridgehead atoms. The van der Waals surface area contributed by atoms with Gasteiger partial charge in [-0.25, -0.2) is 8.42 Å². The van der Waals surface area contributed by atoms with E-state index in [0.717, 1.165) is 24.8 Å². The lowest BCUT2D eigenvalue weighted by Gasteiger charge is -2.20. The first-order chi connectivity index (χ1) is 10.4. The maximum absolute atomic E-state index is 12.3. The lowest BCUT2D eigenvalue weighted by atomic mass is 9.93. The van der Waals surface area contributed by atoms with Crippen LogP contribution in [0.15, 0.2) is 41.3 Å². The Morgan fingerprint density at radius 3 is 2.55 bits per heavy atom. The van der Waals surface area contributed by atoms with Crippen LogP contribution in [-0.4, -0.2) is 26.1 Å². The highest BCUT2D eigenvalue weighted by atomic mass is 32.2. The normalized spacial score (nSPS) is 19.6. The van der Waals surface area contributed by atoms with E-state index in [2.05, 4.69) is 11.4 Å². The summed E-state index contributed by atoms with van der Waals surface area (Å²) in [4.78, 5) is 12.4. The zero-order valence-electron chi connectivity index (χ0n) is 13.1. The van der Waals surface area contributed by atoms with E-state index in [9.17, 15) is 13.2 Å². The van der Waals surface area contributed by atoms with Crippen LogP contribution in [0.1, 0.15) is 31.7 Å². The van der Waals surface area contributed by atoms with Crippen molar-refractivity contribution < 1.29 is 13.2 Å². The predicted octanol–water partition coefficient (Wildman–Crippen LogP) is 2.63. The zero-order chi connectivity index (χ0) is 16.2. The second kappa shape index (κ2) is 7.09. The molecule has 0 fully saturated rings. The van der Waals surface area contributed by atoms with Crippen LogP contribution in [0, 0.1) is 12.8 Å². The van der Waals surface area contributed by atoms with Crippen LogP contribution in [0.3, 0.4) is 0 Å². The van der Waals surface area contributed by atoms with Crippen molar-refractivity contribution in [1.82, 2.24) is 5.32 Å². The second-order valence-electron chi connectivity index (χ2n) is 5.99. The number of allylic oxidation sites excluding steroid dienone is 2. The summed E-state index contributed by atoms with van der Waals surface area (Å²) in [6, 6.07) is 6.40. The summed E-state index contributed by atoms with van der Waals surface area (Å²) in [6.07, 6.45) is 6.58. The van der Waals surface area contributed by atoms with Crippen LogP contribution < -0.4 is 5.32 Å². The summed E-state index contributed by atoms with van der Waals surface area (Å²) in [5, 5.41) is 2.83. The molecule has 0 unspecified atom stereocenters. The number of carbonyl (C=O) groups excluding carboxylic acids is 1. The molecule has 0 saturated heterocycles. The predicted molar refractivity (Wildman–Crippen MR) is 87.3 cm³/mol. The van der Waals surface area contributed by atoms with Crippen molar-refractivity contribution >= 4 is 15.7 Å². The van der Waals surface area contributed by atoms with Crippen molar-refractivity contribution in [3.63, 3.8) is 0 Å². The summed E-state index contributed by atoms with van der Waals surface area (Å²) in [6.45, 7) is 3.65. The SMILES string of the molecule is Cc1ccc(S(=O)(=O)C[C@@H](C)NC(=O)[C@H]2CC=CCC2)cc1. The fraction of sp³-hybridized carbons (Fsp3) is 0.471. The highest BCUT2D eigenvalue weighted by Crippen LogP contribution is 2.19. The number of nitrogens with one attached hydrogen (secondary N) is 1. The molecule has 4 nitrogen and oxygen atoms in total. The third-order valence-corrected chi connectivity index (χ3v) is 5.81. The second-order valence-corrected chi connectivity index (χ2v) is 8.02. The van der Waals surface area contributed by atoms with Crippen LogP contribution in [0.25, 0.3) is 0 Å². The molecule has 0 radical (unpaired) electrons. The molecule has 120 valence electrons. The van der Waals surface area contributed by atoms with Gasteiger partial charge in [0.15, 0.2) is 9.84 Å². The average Bonchev–Trinajstić information content (AvgIpc) is 2.48. The molecule has 0 heterocycles. The van der Waals surface area contributed by atoms with Crippen LogP contribution >= 0.6 is 0 Å². The molecule has 1 aromatic rings. The van der Waals surface area contributed by atoms with E-state index in [4.69, 9.17) is 0 Å². The minimum atomic E-state index is -3.38. The fourth-order valence-electron chi connectivity index (χ4n) is 2.61. The molecule has 2 rings (SSSR count). The smallest absolute Gasteiger partial charge is 0.223 e. The Balaban J connectivity index is 1.95. The van der Waals surface area contributed by atoms with E-state index in [1.165, 1.54) is 0 Å². The van der Waals surface area contributed by atoms with Crippen molar-refractivity contribution in [3.8, 4) is 0 Å². The molecular weight excluding hydrogens is 298 g/mol. The summed E-state index contributed by atoms with van der Waals surface area (Å²) in [7, 11) is -3.38. The number of sulfone groups is 1. The molecule has 2 atom stereocenters. The van der Waals surface area contributed by atoms with Gasteiger partial charge >= 0.3 is 0 Å². The molecule has 22 heavy (non-hydrogen) atoms. The van der Waals surface area contributed by atoms with Gasteiger partial charge in [-0.1, -0.05) is 29.8 Å². The van der Waals surface area contributed by atoms with Crippen molar-refractivity contribution in [2.24, 2.45) is 5.92 Å². The van der Waals surface area contributed by atoms with Crippen LogP contribution in [0.4, 0.5) is 0 Å². The number of hydrogen-bond donors (Lipinski definition) is 1. The van der Waals surface area contributed by atoms with Crippen LogP contribution in [0.2, 0.25) is 0 Å². The summed E-state index contributed by atoms with van der Waals surface area (Å²) >= 11 is 0. The van der Waals surface area contributed by atoms with Gasteiger partial charge in [0, 0.05) is 12.0 Å². The maximum atomic E-state index is 12.3. The van der Waals surface area contributed by atoms with Crippen molar-refractivity contribution in [2.45, 2.75) is 44.0 Å². The highest BCUT2D eigenvalue weighted by molar-refractivity contribution is 7.91. The minimum absolute atomic E-state index is 0.0328. The van der Waals surface area contributed by atoms with Gasteiger partial charge in [-0.15, -0.1) is 0 Å². The molecular formula is C17H23NO3S. The summed E-state index contributed by atoms with van der Waals surface area (Å²) < 4.78 is 24.7. The molecule has 5 heteroatoms. The molecule has 1 aliphatic rings. The lowest BCUT2D eigenvalue weighted by molar-refractivity contribution is -0.125. The van der Waals surface area contributed by atoms with E-state index in [1.54, 1.807) is 31.2 Å². The van der Waals surface area contributed by atoms with E-state index in [-0.39, 0.29) is 17.6 Å².